The molecule has 0 aliphatic carbocycles. The normalized spacial score (nSPS) is 21.6. The van der Waals surface area contributed by atoms with Gasteiger partial charge in [-0.1, -0.05) is 13.0 Å². The number of hydrogen-bond donors (Lipinski definition) is 2. The molecule has 2 aliphatic heterocycles. The van der Waals surface area contributed by atoms with Gasteiger partial charge in [0.2, 0.25) is 0 Å². The summed E-state index contributed by atoms with van der Waals surface area (Å²) in [6.07, 6.45) is 0.923. The maximum absolute atomic E-state index is 12.8. The zero-order chi connectivity index (χ0) is 13.9. The highest BCUT2D eigenvalue weighted by molar-refractivity contribution is 6.03. The second-order valence-electron chi connectivity index (χ2n) is 5.22. The third-order valence-corrected chi connectivity index (χ3v) is 4.00. The Morgan fingerprint density at radius 2 is 2.25 bits per heavy atom. The summed E-state index contributed by atoms with van der Waals surface area (Å²) in [6, 6.07) is 6.04. The zero-order valence-electron chi connectivity index (χ0n) is 11.8. The molecule has 1 fully saturated rings. The van der Waals surface area contributed by atoms with E-state index in [1.807, 2.05) is 23.1 Å². The van der Waals surface area contributed by atoms with Crippen LogP contribution in [0.3, 0.4) is 0 Å². The van der Waals surface area contributed by atoms with Crippen molar-refractivity contribution in [1.29, 1.82) is 0 Å². The molecular formula is C15H21N3O2. The average molecular weight is 275 g/mol. The van der Waals surface area contributed by atoms with Gasteiger partial charge in [0.1, 0.15) is 0 Å². The second-order valence-corrected chi connectivity index (χ2v) is 5.22. The molecule has 108 valence electrons. The van der Waals surface area contributed by atoms with Crippen LogP contribution < -0.4 is 10.6 Å². The predicted molar refractivity (Wildman–Crippen MR) is 79.4 cm³/mol. The molecule has 5 nitrogen and oxygen atoms in total. The average Bonchev–Trinajstić information content (AvgIpc) is 2.53. The van der Waals surface area contributed by atoms with Gasteiger partial charge >= 0.3 is 0 Å². The molecule has 1 amide bonds. The van der Waals surface area contributed by atoms with E-state index in [1.165, 1.54) is 0 Å². The molecule has 1 unspecified atom stereocenters. The number of hydrogen-bond acceptors (Lipinski definition) is 4. The molecule has 0 saturated carbocycles. The van der Waals surface area contributed by atoms with Crippen molar-refractivity contribution in [3.05, 3.63) is 23.8 Å². The Hall–Kier alpha value is -1.75. The van der Waals surface area contributed by atoms with Gasteiger partial charge < -0.3 is 20.3 Å². The fourth-order valence-electron chi connectivity index (χ4n) is 2.87. The molecule has 2 N–H and O–H groups in total. The fraction of sp³-hybridized carbons (Fsp3) is 0.533. The number of anilines is 2. The molecule has 2 aliphatic rings. The Kier molecular flexibility index (Phi) is 3.78. The topological polar surface area (TPSA) is 53.6 Å². The van der Waals surface area contributed by atoms with Crippen LogP contribution in [0.5, 0.6) is 0 Å². The van der Waals surface area contributed by atoms with E-state index in [4.69, 9.17) is 4.74 Å². The van der Waals surface area contributed by atoms with E-state index in [0.29, 0.717) is 19.8 Å². The molecule has 5 heteroatoms. The quantitative estimate of drug-likeness (QED) is 0.864. The first-order valence-corrected chi connectivity index (χ1v) is 7.30. The number of nitrogens with zero attached hydrogens (tertiary/aromatic N) is 1. The summed E-state index contributed by atoms with van der Waals surface area (Å²) in [5.74, 6) is 0.105. The van der Waals surface area contributed by atoms with Gasteiger partial charge in [0, 0.05) is 19.6 Å². The van der Waals surface area contributed by atoms with Crippen molar-refractivity contribution in [2.24, 2.45) is 0 Å². The minimum Gasteiger partial charge on any atom is -0.382 e. The summed E-state index contributed by atoms with van der Waals surface area (Å²) in [5.41, 5.74) is 2.71. The SMILES string of the molecule is CCC1COCCN1C(=O)c1cccc2c1NCCN2. The first kappa shape index (κ1) is 13.2. The lowest BCUT2D eigenvalue weighted by atomic mass is 10.1. The van der Waals surface area contributed by atoms with E-state index in [2.05, 4.69) is 17.6 Å². The second kappa shape index (κ2) is 5.71. The van der Waals surface area contributed by atoms with Crippen molar-refractivity contribution >= 4 is 17.3 Å². The highest BCUT2D eigenvalue weighted by Gasteiger charge is 2.29. The van der Waals surface area contributed by atoms with Crippen molar-refractivity contribution in [2.75, 3.05) is 43.5 Å². The van der Waals surface area contributed by atoms with Crippen LogP contribution in [0.4, 0.5) is 11.4 Å². The standard InChI is InChI=1S/C15H21N3O2/c1-2-11-10-20-9-8-18(11)15(19)12-4-3-5-13-14(12)17-7-6-16-13/h3-5,11,16-17H,2,6-10H2,1H3. The number of fused-ring (bicyclic) bond motifs is 1. The van der Waals surface area contributed by atoms with Crippen molar-refractivity contribution < 1.29 is 9.53 Å². The number of benzene rings is 1. The summed E-state index contributed by atoms with van der Waals surface area (Å²) in [5, 5.41) is 6.67. The van der Waals surface area contributed by atoms with E-state index in [1.54, 1.807) is 0 Å². The van der Waals surface area contributed by atoms with Crippen LogP contribution in [0.2, 0.25) is 0 Å². The molecule has 1 aromatic rings. The number of rotatable bonds is 2. The summed E-state index contributed by atoms with van der Waals surface area (Å²) in [7, 11) is 0. The van der Waals surface area contributed by atoms with Gasteiger partial charge in [-0.15, -0.1) is 0 Å². The number of amides is 1. The van der Waals surface area contributed by atoms with Crippen molar-refractivity contribution in [3.8, 4) is 0 Å². The lowest BCUT2D eigenvalue weighted by Crippen LogP contribution is -2.48. The molecule has 1 saturated heterocycles. The lowest BCUT2D eigenvalue weighted by molar-refractivity contribution is -0.00274. The predicted octanol–water partition coefficient (Wildman–Crippen LogP) is 1.77. The molecule has 0 spiro atoms. The highest BCUT2D eigenvalue weighted by atomic mass is 16.5. The molecular weight excluding hydrogens is 254 g/mol. The molecule has 1 aromatic carbocycles. The maximum atomic E-state index is 12.8. The van der Waals surface area contributed by atoms with E-state index < -0.39 is 0 Å². The molecule has 20 heavy (non-hydrogen) atoms. The highest BCUT2D eigenvalue weighted by Crippen LogP contribution is 2.30. The first-order valence-electron chi connectivity index (χ1n) is 7.30. The Morgan fingerprint density at radius 1 is 1.40 bits per heavy atom. The third kappa shape index (κ3) is 2.33. The Bertz CT molecular complexity index is 504. The first-order chi connectivity index (χ1) is 9.81. The van der Waals surface area contributed by atoms with Crippen LogP contribution in [0.1, 0.15) is 23.7 Å². The smallest absolute Gasteiger partial charge is 0.256 e. The summed E-state index contributed by atoms with van der Waals surface area (Å²) in [4.78, 5) is 14.8. The maximum Gasteiger partial charge on any atom is 0.256 e. The molecule has 0 aromatic heterocycles. The monoisotopic (exact) mass is 275 g/mol. The van der Waals surface area contributed by atoms with Crippen LogP contribution >= 0.6 is 0 Å². The van der Waals surface area contributed by atoms with Gasteiger partial charge in [-0.25, -0.2) is 0 Å². The molecule has 0 radical (unpaired) electrons. The third-order valence-electron chi connectivity index (χ3n) is 4.00. The van der Waals surface area contributed by atoms with Crippen molar-refractivity contribution in [3.63, 3.8) is 0 Å². The van der Waals surface area contributed by atoms with E-state index in [9.17, 15) is 4.79 Å². The fourth-order valence-corrected chi connectivity index (χ4v) is 2.87. The Morgan fingerprint density at radius 3 is 3.10 bits per heavy atom. The van der Waals surface area contributed by atoms with Gasteiger partial charge in [-0.05, 0) is 18.6 Å². The van der Waals surface area contributed by atoms with Crippen LogP contribution in [0, 0.1) is 0 Å². The minimum absolute atomic E-state index is 0.105. The number of morpholine rings is 1. The minimum atomic E-state index is 0.105. The van der Waals surface area contributed by atoms with Gasteiger partial charge in [0.25, 0.3) is 5.91 Å². The number of carbonyl (C=O) groups excluding carboxylic acids is 1. The van der Waals surface area contributed by atoms with Crippen molar-refractivity contribution in [2.45, 2.75) is 19.4 Å². The molecule has 3 rings (SSSR count). The number of para-hydroxylation sites is 1. The lowest BCUT2D eigenvalue weighted by Gasteiger charge is -2.36. The van der Waals surface area contributed by atoms with Crippen LogP contribution in [0.25, 0.3) is 0 Å². The van der Waals surface area contributed by atoms with Gasteiger partial charge in [0.15, 0.2) is 0 Å². The Balaban J connectivity index is 1.90. The van der Waals surface area contributed by atoms with Crippen LogP contribution in [-0.2, 0) is 4.74 Å². The zero-order valence-corrected chi connectivity index (χ0v) is 11.8. The molecule has 2 heterocycles. The van der Waals surface area contributed by atoms with Gasteiger partial charge in [-0.3, -0.25) is 4.79 Å². The van der Waals surface area contributed by atoms with Crippen LogP contribution in [0.15, 0.2) is 18.2 Å². The van der Waals surface area contributed by atoms with E-state index in [-0.39, 0.29) is 11.9 Å². The largest absolute Gasteiger partial charge is 0.382 e. The van der Waals surface area contributed by atoms with E-state index in [0.717, 1.165) is 36.4 Å². The number of ether oxygens (including phenoxy) is 1. The number of nitrogens with one attached hydrogen (secondary N) is 2. The molecule has 0 bridgehead atoms. The Labute approximate surface area is 119 Å². The summed E-state index contributed by atoms with van der Waals surface area (Å²) in [6.45, 7) is 5.78. The summed E-state index contributed by atoms with van der Waals surface area (Å²) >= 11 is 0. The van der Waals surface area contributed by atoms with Gasteiger partial charge in [-0.2, -0.15) is 0 Å². The summed E-state index contributed by atoms with van der Waals surface area (Å²) < 4.78 is 5.48. The molecule has 1 atom stereocenters. The van der Waals surface area contributed by atoms with Crippen LogP contribution in [-0.4, -0.2) is 49.7 Å². The van der Waals surface area contributed by atoms with E-state index >= 15 is 0 Å². The van der Waals surface area contributed by atoms with Crippen molar-refractivity contribution in [1.82, 2.24) is 4.90 Å². The van der Waals surface area contributed by atoms with Gasteiger partial charge in [0.05, 0.1) is 36.2 Å². The number of carbonyl (C=O) groups is 1.